The third kappa shape index (κ3) is 3.99. The van der Waals surface area contributed by atoms with Crippen LogP contribution in [0.4, 0.5) is 0 Å². The van der Waals surface area contributed by atoms with E-state index in [0.717, 1.165) is 34.5 Å². The Balaban J connectivity index is 1.85. The van der Waals surface area contributed by atoms with E-state index in [1.165, 1.54) is 25.0 Å². The average Bonchev–Trinajstić information content (AvgIpc) is 3.05. The van der Waals surface area contributed by atoms with Gasteiger partial charge in [0.05, 0.1) is 10.6 Å². The Morgan fingerprint density at radius 3 is 2.26 bits per heavy atom. The number of halogens is 1. The summed E-state index contributed by atoms with van der Waals surface area (Å²) in [7, 11) is 0. The van der Waals surface area contributed by atoms with Gasteiger partial charge in [0.25, 0.3) is 0 Å². The predicted molar refractivity (Wildman–Crippen MR) is 114 cm³/mol. The molecule has 1 fully saturated rings. The molecule has 0 bridgehead atoms. The SMILES string of the molecule is Nn1c(-c2ccc(Cl)cc2)c(-c2ccccc2)s/c1=N\N=C1CCCCC1. The highest BCUT2D eigenvalue weighted by atomic mass is 35.5. The minimum absolute atomic E-state index is 0.692. The molecular formula is C21H21ClN4S. The first-order valence-electron chi connectivity index (χ1n) is 9.14. The van der Waals surface area contributed by atoms with Crippen molar-refractivity contribution in [3.63, 3.8) is 0 Å². The Bertz CT molecular complexity index is 1010. The highest BCUT2D eigenvalue weighted by Crippen LogP contribution is 2.34. The largest absolute Gasteiger partial charge is 0.336 e. The Labute approximate surface area is 167 Å². The lowest BCUT2D eigenvalue weighted by atomic mass is 9.99. The number of nitrogen functional groups attached to an aromatic ring is 1. The quantitative estimate of drug-likeness (QED) is 0.463. The van der Waals surface area contributed by atoms with Crippen LogP contribution in [0.1, 0.15) is 32.1 Å². The molecule has 4 nitrogen and oxygen atoms in total. The average molecular weight is 397 g/mol. The molecule has 0 spiro atoms. The van der Waals surface area contributed by atoms with Gasteiger partial charge in [0.1, 0.15) is 0 Å². The summed E-state index contributed by atoms with van der Waals surface area (Å²) in [5, 5.41) is 9.70. The van der Waals surface area contributed by atoms with Crippen molar-refractivity contribution < 1.29 is 0 Å². The van der Waals surface area contributed by atoms with E-state index in [-0.39, 0.29) is 0 Å². The van der Waals surface area contributed by atoms with Crippen molar-refractivity contribution in [2.24, 2.45) is 10.2 Å². The number of thiazole rings is 1. The number of hydrogen-bond donors (Lipinski definition) is 1. The maximum atomic E-state index is 6.46. The lowest BCUT2D eigenvalue weighted by Crippen LogP contribution is -2.23. The summed E-state index contributed by atoms with van der Waals surface area (Å²) in [5.74, 6) is 6.46. The maximum absolute atomic E-state index is 6.46. The molecule has 1 aliphatic rings. The topological polar surface area (TPSA) is 55.7 Å². The number of nitrogens with two attached hydrogens (primary N) is 1. The summed E-state index contributed by atoms with van der Waals surface area (Å²) in [6, 6.07) is 18.0. The van der Waals surface area contributed by atoms with Crippen LogP contribution in [0, 0.1) is 0 Å². The van der Waals surface area contributed by atoms with Gasteiger partial charge in [-0.25, -0.2) is 4.68 Å². The number of benzene rings is 2. The van der Waals surface area contributed by atoms with E-state index in [1.807, 2.05) is 42.5 Å². The van der Waals surface area contributed by atoms with Gasteiger partial charge in [0.2, 0.25) is 4.80 Å². The van der Waals surface area contributed by atoms with Crippen LogP contribution in [0.5, 0.6) is 0 Å². The van der Waals surface area contributed by atoms with Gasteiger partial charge in [-0.1, -0.05) is 71.8 Å². The molecule has 138 valence electrons. The molecule has 0 aliphatic heterocycles. The molecule has 27 heavy (non-hydrogen) atoms. The molecule has 1 aliphatic carbocycles. The molecule has 1 saturated carbocycles. The fourth-order valence-electron chi connectivity index (χ4n) is 3.30. The van der Waals surface area contributed by atoms with E-state index < -0.39 is 0 Å². The molecule has 1 heterocycles. The molecule has 6 heteroatoms. The fourth-order valence-corrected chi connectivity index (χ4v) is 4.45. The molecular weight excluding hydrogens is 376 g/mol. The zero-order valence-corrected chi connectivity index (χ0v) is 16.5. The number of nitrogens with zero attached hydrogens (tertiary/aromatic N) is 3. The van der Waals surface area contributed by atoms with Crippen molar-refractivity contribution in [1.82, 2.24) is 4.68 Å². The second-order valence-corrected chi connectivity index (χ2v) is 8.05. The Kier molecular flexibility index (Phi) is 5.41. The van der Waals surface area contributed by atoms with Gasteiger partial charge in [-0.2, -0.15) is 5.10 Å². The van der Waals surface area contributed by atoms with E-state index >= 15 is 0 Å². The standard InChI is InChI=1S/C21H21ClN4S/c22-17-13-11-15(12-14-17)19-20(16-7-3-1-4-8-16)27-21(26(19)23)25-24-18-9-5-2-6-10-18/h1,3-4,7-8,11-14H,2,5-6,9-10,23H2/b25-21-. The fraction of sp³-hybridized carbons (Fsp3) is 0.238. The Hall–Kier alpha value is -2.37. The van der Waals surface area contributed by atoms with Crippen LogP contribution in [0.3, 0.4) is 0 Å². The summed E-state index contributed by atoms with van der Waals surface area (Å²) in [6.07, 6.45) is 5.76. The lowest BCUT2D eigenvalue weighted by molar-refractivity contribution is 0.663. The molecule has 0 amide bonds. The van der Waals surface area contributed by atoms with Gasteiger partial charge in [-0.3, -0.25) is 0 Å². The first-order valence-corrected chi connectivity index (χ1v) is 10.3. The first kappa shape index (κ1) is 18.0. The molecule has 0 radical (unpaired) electrons. The minimum atomic E-state index is 0.692. The van der Waals surface area contributed by atoms with Crippen LogP contribution in [-0.4, -0.2) is 10.4 Å². The monoisotopic (exact) mass is 396 g/mol. The second-order valence-electron chi connectivity index (χ2n) is 6.63. The Morgan fingerprint density at radius 1 is 0.852 bits per heavy atom. The van der Waals surface area contributed by atoms with Crippen molar-refractivity contribution in [3.8, 4) is 21.7 Å². The van der Waals surface area contributed by atoms with Crippen LogP contribution in [-0.2, 0) is 0 Å². The van der Waals surface area contributed by atoms with Crippen molar-refractivity contribution in [1.29, 1.82) is 0 Å². The van der Waals surface area contributed by atoms with Crippen molar-refractivity contribution in [2.75, 3.05) is 5.84 Å². The van der Waals surface area contributed by atoms with E-state index in [1.54, 1.807) is 16.0 Å². The summed E-state index contributed by atoms with van der Waals surface area (Å²) in [6.45, 7) is 0. The lowest BCUT2D eigenvalue weighted by Gasteiger charge is -2.09. The van der Waals surface area contributed by atoms with Gasteiger partial charge in [0, 0.05) is 16.3 Å². The molecule has 2 N–H and O–H groups in total. The van der Waals surface area contributed by atoms with Crippen LogP contribution in [0.2, 0.25) is 5.02 Å². The van der Waals surface area contributed by atoms with Crippen molar-refractivity contribution >= 4 is 28.6 Å². The smallest absolute Gasteiger partial charge is 0.229 e. The van der Waals surface area contributed by atoms with E-state index in [9.17, 15) is 0 Å². The normalized spacial score (nSPS) is 15.1. The van der Waals surface area contributed by atoms with E-state index in [2.05, 4.69) is 22.3 Å². The Morgan fingerprint density at radius 2 is 1.56 bits per heavy atom. The summed E-state index contributed by atoms with van der Waals surface area (Å²) in [5.41, 5.74) is 4.21. The van der Waals surface area contributed by atoms with Crippen molar-refractivity contribution in [2.45, 2.75) is 32.1 Å². The minimum Gasteiger partial charge on any atom is -0.336 e. The van der Waals surface area contributed by atoms with Gasteiger partial charge >= 0.3 is 0 Å². The zero-order valence-electron chi connectivity index (χ0n) is 14.9. The number of rotatable bonds is 3. The van der Waals surface area contributed by atoms with Gasteiger partial charge in [0.15, 0.2) is 0 Å². The molecule has 0 saturated heterocycles. The van der Waals surface area contributed by atoms with Gasteiger partial charge in [-0.05, 0) is 43.4 Å². The third-order valence-electron chi connectivity index (χ3n) is 4.72. The highest BCUT2D eigenvalue weighted by molar-refractivity contribution is 7.13. The van der Waals surface area contributed by atoms with Crippen molar-refractivity contribution in [3.05, 3.63) is 64.4 Å². The second kappa shape index (κ2) is 8.11. The van der Waals surface area contributed by atoms with Gasteiger partial charge < -0.3 is 5.84 Å². The first-order chi connectivity index (χ1) is 13.2. The summed E-state index contributed by atoms with van der Waals surface area (Å²) < 4.78 is 1.64. The van der Waals surface area contributed by atoms with E-state index in [0.29, 0.717) is 9.82 Å². The van der Waals surface area contributed by atoms with Crippen LogP contribution in [0.25, 0.3) is 21.7 Å². The molecule has 1 aromatic heterocycles. The summed E-state index contributed by atoms with van der Waals surface area (Å²) >= 11 is 7.62. The number of aromatic nitrogens is 1. The number of hydrogen-bond acceptors (Lipinski definition) is 4. The molecule has 4 rings (SSSR count). The maximum Gasteiger partial charge on any atom is 0.229 e. The molecule has 0 atom stereocenters. The van der Waals surface area contributed by atoms with E-state index in [4.69, 9.17) is 17.4 Å². The predicted octanol–water partition coefficient (Wildman–Crippen LogP) is 5.47. The summed E-state index contributed by atoms with van der Waals surface area (Å²) in [4.78, 5) is 1.76. The highest BCUT2D eigenvalue weighted by Gasteiger charge is 2.16. The third-order valence-corrected chi connectivity index (χ3v) is 6.06. The molecule has 2 aromatic carbocycles. The zero-order chi connectivity index (χ0) is 18.6. The molecule has 0 unspecified atom stereocenters. The molecule has 3 aromatic rings. The van der Waals surface area contributed by atoms with Crippen LogP contribution < -0.4 is 10.6 Å². The van der Waals surface area contributed by atoms with Gasteiger partial charge in [-0.15, -0.1) is 5.10 Å². The van der Waals surface area contributed by atoms with Crippen LogP contribution in [0.15, 0.2) is 64.8 Å². The van der Waals surface area contributed by atoms with Crippen LogP contribution >= 0.6 is 22.9 Å².